The normalized spacial score (nSPS) is 10.1. The molecule has 6 nitrogen and oxygen atoms in total. The molecular formula is C12H12N4O2. The van der Waals surface area contributed by atoms with Crippen LogP contribution in [-0.2, 0) is 0 Å². The van der Waals surface area contributed by atoms with E-state index < -0.39 is 5.91 Å². The number of aromatic amines is 1. The number of hydrogen-bond donors (Lipinski definition) is 3. The number of amides is 2. The topological polar surface area (TPSA) is 101 Å². The highest BCUT2D eigenvalue weighted by atomic mass is 16.2. The Bertz CT molecular complexity index is 586. The number of benzene rings is 1. The van der Waals surface area contributed by atoms with Crippen LogP contribution in [0.15, 0.2) is 30.5 Å². The molecule has 2 rings (SSSR count). The van der Waals surface area contributed by atoms with Crippen LogP contribution in [0.25, 0.3) is 0 Å². The lowest BCUT2D eigenvalue weighted by atomic mass is 10.2. The van der Waals surface area contributed by atoms with Gasteiger partial charge in [0.1, 0.15) is 11.5 Å². The smallest absolute Gasteiger partial charge is 0.273 e. The summed E-state index contributed by atoms with van der Waals surface area (Å²) >= 11 is 0. The summed E-state index contributed by atoms with van der Waals surface area (Å²) in [4.78, 5) is 29.4. The summed E-state index contributed by atoms with van der Waals surface area (Å²) in [5.74, 6) is -0.122. The van der Waals surface area contributed by atoms with Crippen LogP contribution in [0.1, 0.15) is 26.7 Å². The fourth-order valence-corrected chi connectivity index (χ4v) is 1.45. The van der Waals surface area contributed by atoms with E-state index in [1.54, 1.807) is 31.2 Å². The number of aryl methyl sites for hydroxylation is 1. The molecule has 0 aliphatic carbocycles. The second-order valence-corrected chi connectivity index (χ2v) is 3.78. The highest BCUT2D eigenvalue weighted by molar-refractivity contribution is 6.03. The van der Waals surface area contributed by atoms with Gasteiger partial charge in [0.2, 0.25) is 5.91 Å². The summed E-state index contributed by atoms with van der Waals surface area (Å²) < 4.78 is 0. The first-order chi connectivity index (χ1) is 8.56. The van der Waals surface area contributed by atoms with E-state index in [2.05, 4.69) is 15.3 Å². The van der Waals surface area contributed by atoms with Crippen LogP contribution in [0.4, 0.5) is 5.69 Å². The first-order valence-electron chi connectivity index (χ1n) is 5.29. The predicted octanol–water partition coefficient (Wildman–Crippen LogP) is 1.07. The number of nitrogens with zero attached hydrogens (tertiary/aromatic N) is 1. The summed E-state index contributed by atoms with van der Waals surface area (Å²) in [7, 11) is 0. The van der Waals surface area contributed by atoms with Gasteiger partial charge in [-0.05, 0) is 31.2 Å². The van der Waals surface area contributed by atoms with Crippen LogP contribution in [0, 0.1) is 6.92 Å². The second kappa shape index (κ2) is 4.70. The van der Waals surface area contributed by atoms with Gasteiger partial charge in [-0.1, -0.05) is 0 Å². The molecule has 1 aromatic heterocycles. The number of imidazole rings is 1. The molecule has 0 atom stereocenters. The molecule has 2 aromatic rings. The number of H-pyrrole nitrogens is 1. The summed E-state index contributed by atoms with van der Waals surface area (Å²) in [6, 6.07) is 6.33. The van der Waals surface area contributed by atoms with Crippen molar-refractivity contribution in [1.29, 1.82) is 0 Å². The Balaban J connectivity index is 2.10. The van der Waals surface area contributed by atoms with Gasteiger partial charge in [-0.15, -0.1) is 0 Å². The highest BCUT2D eigenvalue weighted by Crippen LogP contribution is 2.10. The summed E-state index contributed by atoms with van der Waals surface area (Å²) in [6.07, 6.45) is 1.46. The third-order valence-corrected chi connectivity index (χ3v) is 2.37. The van der Waals surface area contributed by atoms with E-state index in [1.165, 1.54) is 6.20 Å². The second-order valence-electron chi connectivity index (χ2n) is 3.78. The van der Waals surface area contributed by atoms with Gasteiger partial charge >= 0.3 is 0 Å². The van der Waals surface area contributed by atoms with Crippen LogP contribution in [0.5, 0.6) is 0 Å². The largest absolute Gasteiger partial charge is 0.366 e. The van der Waals surface area contributed by atoms with Gasteiger partial charge in [-0.25, -0.2) is 4.98 Å². The quantitative estimate of drug-likeness (QED) is 0.752. The summed E-state index contributed by atoms with van der Waals surface area (Å²) in [5, 5.41) is 2.68. The number of aromatic nitrogens is 2. The van der Waals surface area contributed by atoms with Crippen LogP contribution in [0.3, 0.4) is 0 Å². The molecule has 0 saturated carbocycles. The van der Waals surface area contributed by atoms with Gasteiger partial charge in [-0.3, -0.25) is 9.59 Å². The maximum Gasteiger partial charge on any atom is 0.273 e. The zero-order chi connectivity index (χ0) is 13.1. The Labute approximate surface area is 103 Å². The lowest BCUT2D eigenvalue weighted by Gasteiger charge is -2.03. The standard InChI is InChI=1S/C12H12N4O2/c1-7-14-6-10(15-7)12(18)16-9-4-2-8(3-5-9)11(13)17/h2-6H,1H3,(H2,13,17)(H,14,15)(H,16,18). The van der Waals surface area contributed by atoms with E-state index >= 15 is 0 Å². The average Bonchev–Trinajstić information content (AvgIpc) is 2.76. The van der Waals surface area contributed by atoms with Gasteiger partial charge in [0.25, 0.3) is 5.91 Å². The number of carbonyl (C=O) groups is 2. The van der Waals surface area contributed by atoms with Crippen molar-refractivity contribution in [2.75, 3.05) is 5.32 Å². The van der Waals surface area contributed by atoms with Gasteiger partial charge in [-0.2, -0.15) is 0 Å². The highest BCUT2D eigenvalue weighted by Gasteiger charge is 2.08. The Morgan fingerprint density at radius 3 is 2.44 bits per heavy atom. The van der Waals surface area contributed by atoms with Crippen molar-refractivity contribution in [2.24, 2.45) is 5.73 Å². The zero-order valence-electron chi connectivity index (χ0n) is 9.73. The molecule has 0 fully saturated rings. The number of nitrogens with two attached hydrogens (primary N) is 1. The molecule has 0 bridgehead atoms. The first kappa shape index (κ1) is 11.8. The minimum Gasteiger partial charge on any atom is -0.366 e. The van der Waals surface area contributed by atoms with E-state index in [-0.39, 0.29) is 5.91 Å². The predicted molar refractivity (Wildman–Crippen MR) is 66.2 cm³/mol. The molecule has 1 aromatic carbocycles. The Hall–Kier alpha value is -2.63. The Morgan fingerprint density at radius 1 is 1.28 bits per heavy atom. The van der Waals surface area contributed by atoms with Gasteiger partial charge in [0.15, 0.2) is 0 Å². The van der Waals surface area contributed by atoms with Crippen molar-refractivity contribution in [3.8, 4) is 0 Å². The number of nitrogens with one attached hydrogen (secondary N) is 2. The molecule has 1 heterocycles. The number of hydrogen-bond acceptors (Lipinski definition) is 3. The molecular weight excluding hydrogens is 232 g/mol. The van der Waals surface area contributed by atoms with Crippen LogP contribution in [-0.4, -0.2) is 21.8 Å². The van der Waals surface area contributed by atoms with Crippen molar-refractivity contribution in [2.45, 2.75) is 6.92 Å². The molecule has 6 heteroatoms. The van der Waals surface area contributed by atoms with E-state index in [1.807, 2.05) is 0 Å². The van der Waals surface area contributed by atoms with E-state index in [9.17, 15) is 9.59 Å². The number of anilines is 1. The van der Waals surface area contributed by atoms with Gasteiger partial charge in [0.05, 0.1) is 6.20 Å². The monoisotopic (exact) mass is 244 g/mol. The molecule has 0 saturated heterocycles. The SMILES string of the molecule is Cc1ncc(C(=O)Nc2ccc(C(N)=O)cc2)[nH]1. The van der Waals surface area contributed by atoms with Crippen molar-refractivity contribution < 1.29 is 9.59 Å². The van der Waals surface area contributed by atoms with Gasteiger partial charge in [0, 0.05) is 11.3 Å². The van der Waals surface area contributed by atoms with E-state index in [0.29, 0.717) is 22.8 Å². The van der Waals surface area contributed by atoms with Crippen LogP contribution in [0.2, 0.25) is 0 Å². The fraction of sp³-hybridized carbons (Fsp3) is 0.0833. The molecule has 2 amide bonds. The number of rotatable bonds is 3. The minimum absolute atomic E-state index is 0.289. The zero-order valence-corrected chi connectivity index (χ0v) is 9.73. The first-order valence-corrected chi connectivity index (χ1v) is 5.29. The van der Waals surface area contributed by atoms with Gasteiger partial charge < -0.3 is 16.0 Å². The molecule has 4 N–H and O–H groups in total. The Kier molecular flexibility index (Phi) is 3.09. The lowest BCUT2D eigenvalue weighted by Crippen LogP contribution is -2.13. The van der Waals surface area contributed by atoms with Crippen LogP contribution >= 0.6 is 0 Å². The third kappa shape index (κ3) is 2.54. The molecule has 18 heavy (non-hydrogen) atoms. The molecule has 0 radical (unpaired) electrons. The van der Waals surface area contributed by atoms with Crippen molar-refractivity contribution >= 4 is 17.5 Å². The third-order valence-electron chi connectivity index (χ3n) is 2.37. The summed E-state index contributed by atoms with van der Waals surface area (Å²) in [5.41, 5.74) is 6.48. The maximum absolute atomic E-state index is 11.8. The van der Waals surface area contributed by atoms with Crippen molar-refractivity contribution in [1.82, 2.24) is 9.97 Å². The van der Waals surface area contributed by atoms with Crippen LogP contribution < -0.4 is 11.1 Å². The Morgan fingerprint density at radius 2 is 1.94 bits per heavy atom. The minimum atomic E-state index is -0.503. The lowest BCUT2D eigenvalue weighted by molar-refractivity contribution is 0.0998. The fourth-order valence-electron chi connectivity index (χ4n) is 1.45. The molecule has 0 unspecified atom stereocenters. The maximum atomic E-state index is 11.8. The van der Waals surface area contributed by atoms with Crippen molar-refractivity contribution in [3.05, 3.63) is 47.5 Å². The van der Waals surface area contributed by atoms with E-state index in [4.69, 9.17) is 5.73 Å². The summed E-state index contributed by atoms with van der Waals surface area (Å²) in [6.45, 7) is 1.76. The molecule has 0 spiro atoms. The van der Waals surface area contributed by atoms with E-state index in [0.717, 1.165) is 0 Å². The molecule has 0 aliphatic rings. The molecule has 0 aliphatic heterocycles. The average molecular weight is 244 g/mol. The number of carbonyl (C=O) groups excluding carboxylic acids is 2. The van der Waals surface area contributed by atoms with Crippen molar-refractivity contribution in [3.63, 3.8) is 0 Å². The molecule has 92 valence electrons. The number of primary amides is 1.